The van der Waals surface area contributed by atoms with Crippen molar-refractivity contribution in [1.82, 2.24) is 0 Å². The highest BCUT2D eigenvalue weighted by molar-refractivity contribution is 6.06. The lowest BCUT2D eigenvalue weighted by Gasteiger charge is -2.21. The molecule has 0 atom stereocenters. The van der Waals surface area contributed by atoms with Crippen LogP contribution < -0.4 is 29.0 Å². The van der Waals surface area contributed by atoms with Crippen LogP contribution in [0.2, 0.25) is 0 Å². The monoisotopic (exact) mass is 345 g/mol. The van der Waals surface area contributed by atoms with E-state index in [1.54, 1.807) is 37.4 Å². The SMILES string of the molecule is COc1ccc(OC)c(NC(=O)c2cc(OC)c3c(c2)OCCO3)c1. The summed E-state index contributed by atoms with van der Waals surface area (Å²) in [5, 5.41) is 2.81. The molecule has 0 radical (unpaired) electrons. The Kier molecular flexibility index (Phi) is 4.83. The third kappa shape index (κ3) is 3.40. The molecule has 0 fully saturated rings. The molecule has 0 aliphatic carbocycles. The highest BCUT2D eigenvalue weighted by atomic mass is 16.6. The Hall–Kier alpha value is -3.09. The number of hydrogen-bond donors (Lipinski definition) is 1. The summed E-state index contributed by atoms with van der Waals surface area (Å²) >= 11 is 0. The van der Waals surface area contributed by atoms with Crippen molar-refractivity contribution in [3.05, 3.63) is 35.9 Å². The molecule has 1 aliphatic rings. The quantitative estimate of drug-likeness (QED) is 0.898. The molecular weight excluding hydrogens is 326 g/mol. The van der Waals surface area contributed by atoms with Crippen molar-refractivity contribution in [2.45, 2.75) is 0 Å². The van der Waals surface area contributed by atoms with Crippen LogP contribution in [0.3, 0.4) is 0 Å². The number of hydrogen-bond acceptors (Lipinski definition) is 6. The number of benzene rings is 2. The van der Waals surface area contributed by atoms with Crippen molar-refractivity contribution in [2.75, 3.05) is 39.9 Å². The number of fused-ring (bicyclic) bond motifs is 1. The van der Waals surface area contributed by atoms with Gasteiger partial charge < -0.3 is 29.0 Å². The van der Waals surface area contributed by atoms with Crippen LogP contribution in [0.25, 0.3) is 0 Å². The lowest BCUT2D eigenvalue weighted by Crippen LogP contribution is -2.18. The Morgan fingerprint density at radius 3 is 2.44 bits per heavy atom. The molecule has 3 rings (SSSR count). The van der Waals surface area contributed by atoms with E-state index in [4.69, 9.17) is 23.7 Å². The zero-order chi connectivity index (χ0) is 17.8. The predicted octanol–water partition coefficient (Wildman–Crippen LogP) is 2.74. The summed E-state index contributed by atoms with van der Waals surface area (Å²) in [6, 6.07) is 8.39. The predicted molar refractivity (Wildman–Crippen MR) is 91.5 cm³/mol. The number of anilines is 1. The van der Waals surface area contributed by atoms with E-state index in [9.17, 15) is 4.79 Å². The summed E-state index contributed by atoms with van der Waals surface area (Å²) in [6.45, 7) is 0.862. The first-order valence-electron chi connectivity index (χ1n) is 7.67. The topological polar surface area (TPSA) is 75.3 Å². The molecule has 0 saturated carbocycles. The maximum absolute atomic E-state index is 12.7. The van der Waals surface area contributed by atoms with Crippen molar-refractivity contribution < 1.29 is 28.5 Å². The first kappa shape index (κ1) is 16.8. The van der Waals surface area contributed by atoms with Gasteiger partial charge in [0.25, 0.3) is 5.91 Å². The number of ether oxygens (including phenoxy) is 5. The molecule has 1 amide bonds. The second kappa shape index (κ2) is 7.21. The second-order valence-electron chi connectivity index (χ2n) is 5.22. The maximum Gasteiger partial charge on any atom is 0.256 e. The van der Waals surface area contributed by atoms with Crippen LogP contribution in [-0.4, -0.2) is 40.5 Å². The van der Waals surface area contributed by atoms with Crippen LogP contribution in [0, 0.1) is 0 Å². The molecule has 0 spiro atoms. The van der Waals surface area contributed by atoms with Crippen LogP contribution in [0.5, 0.6) is 28.7 Å². The van der Waals surface area contributed by atoms with E-state index < -0.39 is 0 Å². The third-order valence-electron chi connectivity index (χ3n) is 3.75. The highest BCUT2D eigenvalue weighted by Crippen LogP contribution is 2.40. The Bertz CT molecular complexity index is 772. The van der Waals surface area contributed by atoms with Crippen LogP contribution >= 0.6 is 0 Å². The Balaban J connectivity index is 1.91. The molecule has 25 heavy (non-hydrogen) atoms. The van der Waals surface area contributed by atoms with Crippen LogP contribution in [0.15, 0.2) is 30.3 Å². The number of carbonyl (C=O) groups is 1. The smallest absolute Gasteiger partial charge is 0.256 e. The third-order valence-corrected chi connectivity index (χ3v) is 3.75. The van der Waals surface area contributed by atoms with Gasteiger partial charge in [-0.05, 0) is 24.3 Å². The average molecular weight is 345 g/mol. The first-order valence-corrected chi connectivity index (χ1v) is 7.67. The van der Waals surface area contributed by atoms with Crippen molar-refractivity contribution in [2.24, 2.45) is 0 Å². The van der Waals surface area contributed by atoms with Gasteiger partial charge in [0.1, 0.15) is 24.7 Å². The van der Waals surface area contributed by atoms with Crippen molar-refractivity contribution in [1.29, 1.82) is 0 Å². The fourth-order valence-corrected chi connectivity index (χ4v) is 2.51. The molecule has 7 nitrogen and oxygen atoms in total. The van der Waals surface area contributed by atoms with Gasteiger partial charge in [-0.1, -0.05) is 0 Å². The van der Waals surface area contributed by atoms with Crippen molar-refractivity contribution in [3.8, 4) is 28.7 Å². The number of methoxy groups -OCH3 is 3. The summed E-state index contributed by atoms with van der Waals surface area (Å²) in [5.41, 5.74) is 0.881. The minimum atomic E-state index is -0.332. The van der Waals surface area contributed by atoms with Gasteiger partial charge in [0.05, 0.1) is 27.0 Å². The van der Waals surface area contributed by atoms with Crippen LogP contribution in [0.1, 0.15) is 10.4 Å². The van der Waals surface area contributed by atoms with E-state index in [-0.39, 0.29) is 5.91 Å². The molecule has 7 heteroatoms. The largest absolute Gasteiger partial charge is 0.497 e. The molecule has 132 valence electrons. The van der Waals surface area contributed by atoms with Crippen LogP contribution in [-0.2, 0) is 0 Å². The normalized spacial score (nSPS) is 12.3. The summed E-state index contributed by atoms with van der Waals surface area (Å²) in [6.07, 6.45) is 0. The van der Waals surface area contributed by atoms with Crippen LogP contribution in [0.4, 0.5) is 5.69 Å². The second-order valence-corrected chi connectivity index (χ2v) is 5.22. The van der Waals surface area contributed by atoms with E-state index in [0.29, 0.717) is 53.2 Å². The molecular formula is C18H19NO6. The summed E-state index contributed by atoms with van der Waals surface area (Å²) < 4.78 is 26.9. The molecule has 0 bridgehead atoms. The van der Waals surface area contributed by atoms with Crippen molar-refractivity contribution in [3.63, 3.8) is 0 Å². The zero-order valence-corrected chi connectivity index (χ0v) is 14.3. The number of amides is 1. The van der Waals surface area contributed by atoms with Gasteiger partial charge in [-0.25, -0.2) is 0 Å². The zero-order valence-electron chi connectivity index (χ0n) is 14.3. The molecule has 0 saturated heterocycles. The standard InChI is InChI=1S/C18H19NO6/c1-21-12-4-5-14(22-2)13(10-12)19-18(20)11-8-15(23-3)17-16(9-11)24-6-7-25-17/h4-5,8-10H,6-7H2,1-3H3,(H,19,20). The van der Waals surface area contributed by atoms with Gasteiger partial charge in [-0.15, -0.1) is 0 Å². The average Bonchev–Trinajstić information content (AvgIpc) is 2.66. The van der Waals surface area contributed by atoms with Crippen molar-refractivity contribution >= 4 is 11.6 Å². The fourth-order valence-electron chi connectivity index (χ4n) is 2.51. The van der Waals surface area contributed by atoms with E-state index >= 15 is 0 Å². The summed E-state index contributed by atoms with van der Waals surface area (Å²) in [5.74, 6) is 2.23. The Labute approximate surface area is 145 Å². The van der Waals surface area contributed by atoms with Gasteiger partial charge in [0.2, 0.25) is 5.75 Å². The van der Waals surface area contributed by atoms with Gasteiger partial charge in [-0.2, -0.15) is 0 Å². The van der Waals surface area contributed by atoms with E-state index in [1.807, 2.05) is 0 Å². The molecule has 1 N–H and O–H groups in total. The molecule has 1 aliphatic heterocycles. The lowest BCUT2D eigenvalue weighted by molar-refractivity contribution is 0.102. The first-order chi connectivity index (χ1) is 12.2. The molecule has 1 heterocycles. The lowest BCUT2D eigenvalue weighted by atomic mass is 10.1. The summed E-state index contributed by atoms with van der Waals surface area (Å²) in [7, 11) is 4.60. The Morgan fingerprint density at radius 1 is 0.960 bits per heavy atom. The molecule has 0 unspecified atom stereocenters. The molecule has 2 aromatic rings. The molecule has 0 aromatic heterocycles. The van der Waals surface area contributed by atoms with Gasteiger partial charge in [0.15, 0.2) is 11.5 Å². The maximum atomic E-state index is 12.7. The van der Waals surface area contributed by atoms with E-state index in [0.717, 1.165) is 0 Å². The van der Waals surface area contributed by atoms with E-state index in [1.165, 1.54) is 14.2 Å². The molecule has 2 aromatic carbocycles. The summed E-state index contributed by atoms with van der Waals surface area (Å²) in [4.78, 5) is 12.7. The Morgan fingerprint density at radius 2 is 1.72 bits per heavy atom. The van der Waals surface area contributed by atoms with Gasteiger partial charge in [0, 0.05) is 11.6 Å². The highest BCUT2D eigenvalue weighted by Gasteiger charge is 2.21. The van der Waals surface area contributed by atoms with Gasteiger partial charge >= 0.3 is 0 Å². The fraction of sp³-hybridized carbons (Fsp3) is 0.278. The number of nitrogens with one attached hydrogen (secondary N) is 1. The number of carbonyl (C=O) groups excluding carboxylic acids is 1. The van der Waals surface area contributed by atoms with E-state index in [2.05, 4.69) is 5.32 Å². The minimum absolute atomic E-state index is 0.332. The number of rotatable bonds is 5. The van der Waals surface area contributed by atoms with Gasteiger partial charge in [-0.3, -0.25) is 4.79 Å². The minimum Gasteiger partial charge on any atom is -0.497 e.